The van der Waals surface area contributed by atoms with Gasteiger partial charge in [-0.15, -0.1) is 0 Å². The van der Waals surface area contributed by atoms with Crippen molar-refractivity contribution >= 4 is 18.2 Å². The molecule has 0 saturated heterocycles. The van der Waals surface area contributed by atoms with Crippen LogP contribution in [0, 0.1) is 0 Å². The summed E-state index contributed by atoms with van der Waals surface area (Å²) < 4.78 is 23.9. The van der Waals surface area contributed by atoms with Crippen LogP contribution in [0.1, 0.15) is 60.8 Å². The van der Waals surface area contributed by atoms with Crippen molar-refractivity contribution in [2.24, 2.45) is 0 Å². The second-order valence-corrected chi connectivity index (χ2v) is 8.73. The average molecular weight is 282 g/mol. The summed E-state index contributed by atoms with van der Waals surface area (Å²) in [7, 11) is 0. The molecule has 0 saturated carbocycles. The first-order valence-corrected chi connectivity index (χ1v) is 9.54. The molecule has 0 rings (SSSR count). The average Bonchev–Trinajstić information content (AvgIpc) is 2.27. The van der Waals surface area contributed by atoms with E-state index in [1.165, 1.54) is 11.4 Å². The quantitative estimate of drug-likeness (QED) is 0.541. The lowest BCUT2D eigenvalue weighted by atomic mass is 10.3. The van der Waals surface area contributed by atoms with Gasteiger partial charge >= 0.3 is 6.80 Å². The van der Waals surface area contributed by atoms with Crippen molar-refractivity contribution in [3.63, 3.8) is 0 Å². The molecule has 0 aromatic heterocycles. The van der Waals surface area contributed by atoms with Crippen molar-refractivity contribution in [3.8, 4) is 0 Å². The fourth-order valence-electron chi connectivity index (χ4n) is 0.959. The maximum absolute atomic E-state index is 12.6. The second-order valence-electron chi connectivity index (χ2n) is 4.42. The second kappa shape index (κ2) is 8.58. The van der Waals surface area contributed by atoms with Crippen LogP contribution in [0.25, 0.3) is 0 Å². The third-order valence-electron chi connectivity index (χ3n) is 2.65. The zero-order valence-corrected chi connectivity index (χ0v) is 13.6. The van der Waals surface area contributed by atoms with Gasteiger partial charge in [-0.05, 0) is 44.5 Å². The first-order valence-electron chi connectivity index (χ1n) is 6.52. The Labute approximate surface area is 110 Å². The zero-order valence-electron chi connectivity index (χ0n) is 11.9. The highest BCUT2D eigenvalue weighted by atomic mass is 32.7. The van der Waals surface area contributed by atoms with E-state index >= 15 is 0 Å². The van der Waals surface area contributed by atoms with Gasteiger partial charge in [0.05, 0.1) is 12.2 Å². The molecule has 0 aliphatic heterocycles. The van der Waals surface area contributed by atoms with E-state index in [1.807, 2.05) is 27.7 Å². The van der Waals surface area contributed by atoms with Crippen LogP contribution in [-0.4, -0.2) is 17.5 Å². The maximum atomic E-state index is 12.6. The van der Waals surface area contributed by atoms with Crippen molar-refractivity contribution in [2.45, 2.75) is 78.3 Å². The van der Waals surface area contributed by atoms with Gasteiger partial charge in [-0.2, -0.15) is 0 Å². The van der Waals surface area contributed by atoms with Crippen molar-refractivity contribution < 1.29 is 13.6 Å². The highest BCUT2D eigenvalue weighted by Crippen LogP contribution is 2.64. The fourth-order valence-corrected chi connectivity index (χ4v) is 5.83. The summed E-state index contributed by atoms with van der Waals surface area (Å²) in [5.41, 5.74) is 0. The molecule has 3 unspecified atom stereocenters. The predicted molar refractivity (Wildman–Crippen MR) is 76.6 cm³/mol. The molecular formula is C12H27O3PS. The minimum absolute atomic E-state index is 0.0264. The summed E-state index contributed by atoms with van der Waals surface area (Å²) in [6, 6.07) is 0. The van der Waals surface area contributed by atoms with Gasteiger partial charge < -0.3 is 0 Å². The lowest BCUT2D eigenvalue weighted by Crippen LogP contribution is -2.11. The molecule has 0 aliphatic carbocycles. The molecule has 3 nitrogen and oxygen atoms in total. The summed E-state index contributed by atoms with van der Waals surface area (Å²) >= 11 is 1.35. The number of hydrogen-bond acceptors (Lipinski definition) is 4. The molecule has 3 atom stereocenters. The van der Waals surface area contributed by atoms with Gasteiger partial charge in [0.15, 0.2) is 0 Å². The predicted octanol–water partition coefficient (Wildman–Crippen LogP) is 5.26. The fraction of sp³-hybridized carbons (Fsp3) is 1.00. The molecular weight excluding hydrogens is 255 g/mol. The highest BCUT2D eigenvalue weighted by molar-refractivity contribution is 8.55. The van der Waals surface area contributed by atoms with E-state index in [-0.39, 0.29) is 17.5 Å². The largest absolute Gasteiger partial charge is 0.389 e. The van der Waals surface area contributed by atoms with E-state index < -0.39 is 6.80 Å². The summed E-state index contributed by atoms with van der Waals surface area (Å²) in [5, 5.41) is 0.286. The van der Waals surface area contributed by atoms with Crippen molar-refractivity contribution in [2.75, 3.05) is 0 Å². The molecule has 17 heavy (non-hydrogen) atoms. The van der Waals surface area contributed by atoms with Crippen LogP contribution in [0.5, 0.6) is 0 Å². The Morgan fingerprint density at radius 3 is 1.65 bits per heavy atom. The summed E-state index contributed by atoms with van der Waals surface area (Å²) in [6.07, 6.45) is 2.59. The molecule has 0 aromatic rings. The minimum Gasteiger partial charge on any atom is -0.298 e. The van der Waals surface area contributed by atoms with Crippen LogP contribution in [-0.2, 0) is 13.6 Å². The van der Waals surface area contributed by atoms with Gasteiger partial charge in [0.25, 0.3) is 0 Å². The number of hydrogen-bond donors (Lipinski definition) is 0. The first kappa shape index (κ1) is 17.5. The minimum atomic E-state index is -3.02. The van der Waals surface area contributed by atoms with Crippen LogP contribution < -0.4 is 0 Å². The molecule has 0 amide bonds. The van der Waals surface area contributed by atoms with Crippen molar-refractivity contribution in [1.29, 1.82) is 0 Å². The normalized spacial score (nSPS) is 20.6. The molecule has 104 valence electrons. The third-order valence-corrected chi connectivity index (χ3v) is 7.21. The Hall–Kier alpha value is 0.500. The Kier molecular flexibility index (Phi) is 8.83. The standard InChI is InChI=1S/C12H27O3PS/c1-7-10(4)14-16(13,15-11(5)8-2)17-12(6)9-3/h10-12H,7-9H2,1-6H3. The van der Waals surface area contributed by atoms with E-state index in [9.17, 15) is 4.57 Å². The van der Waals surface area contributed by atoms with Crippen LogP contribution in [0.15, 0.2) is 0 Å². The molecule has 0 fully saturated rings. The van der Waals surface area contributed by atoms with Crippen LogP contribution in [0.2, 0.25) is 0 Å². The Morgan fingerprint density at radius 1 is 0.941 bits per heavy atom. The molecule has 0 radical (unpaired) electrons. The lowest BCUT2D eigenvalue weighted by molar-refractivity contribution is 0.136. The van der Waals surface area contributed by atoms with Gasteiger partial charge in [0.2, 0.25) is 0 Å². The molecule has 0 aromatic carbocycles. The van der Waals surface area contributed by atoms with E-state index in [1.54, 1.807) is 0 Å². The molecule has 0 heterocycles. The Morgan fingerprint density at radius 2 is 1.35 bits per heavy atom. The monoisotopic (exact) mass is 282 g/mol. The van der Waals surface area contributed by atoms with Crippen molar-refractivity contribution in [1.82, 2.24) is 0 Å². The van der Waals surface area contributed by atoms with Crippen LogP contribution in [0.3, 0.4) is 0 Å². The maximum Gasteiger partial charge on any atom is 0.389 e. The molecule has 0 N–H and O–H groups in total. The highest BCUT2D eigenvalue weighted by Gasteiger charge is 2.31. The van der Waals surface area contributed by atoms with Gasteiger partial charge in [-0.3, -0.25) is 9.05 Å². The molecule has 0 bridgehead atoms. The molecule has 0 spiro atoms. The van der Waals surface area contributed by atoms with E-state index in [2.05, 4.69) is 13.8 Å². The third kappa shape index (κ3) is 7.50. The summed E-state index contributed by atoms with van der Waals surface area (Å²) in [6.45, 7) is 9.02. The van der Waals surface area contributed by atoms with Gasteiger partial charge in [-0.1, -0.05) is 27.7 Å². The summed E-state index contributed by atoms with van der Waals surface area (Å²) in [5.74, 6) is 0. The van der Waals surface area contributed by atoms with E-state index in [4.69, 9.17) is 9.05 Å². The number of rotatable bonds is 9. The topological polar surface area (TPSA) is 35.5 Å². The zero-order chi connectivity index (χ0) is 13.5. The summed E-state index contributed by atoms with van der Waals surface area (Å²) in [4.78, 5) is 0. The SMILES string of the molecule is CCC(C)OP(=O)(OC(C)CC)SC(C)CC. The Balaban J connectivity index is 4.62. The smallest absolute Gasteiger partial charge is 0.298 e. The Bertz CT molecular complexity index is 210. The van der Waals surface area contributed by atoms with Gasteiger partial charge in [0, 0.05) is 5.25 Å². The first-order chi connectivity index (χ1) is 7.86. The van der Waals surface area contributed by atoms with Gasteiger partial charge in [-0.25, -0.2) is 4.57 Å². The van der Waals surface area contributed by atoms with E-state index in [0.29, 0.717) is 0 Å². The lowest BCUT2D eigenvalue weighted by Gasteiger charge is -2.25. The van der Waals surface area contributed by atoms with Crippen molar-refractivity contribution in [3.05, 3.63) is 0 Å². The van der Waals surface area contributed by atoms with Crippen LogP contribution in [0.4, 0.5) is 0 Å². The molecule has 0 aliphatic rings. The van der Waals surface area contributed by atoms with Crippen LogP contribution >= 0.6 is 18.2 Å². The van der Waals surface area contributed by atoms with Gasteiger partial charge in [0.1, 0.15) is 0 Å². The molecule has 5 heteroatoms. The van der Waals surface area contributed by atoms with E-state index in [0.717, 1.165) is 19.3 Å².